The molecule has 0 atom stereocenters. The van der Waals surface area contributed by atoms with Crippen LogP contribution in [0.1, 0.15) is 37.0 Å². The van der Waals surface area contributed by atoms with Gasteiger partial charge < -0.3 is 20.2 Å². The van der Waals surface area contributed by atoms with Gasteiger partial charge >= 0.3 is 5.97 Å². The average Bonchev–Trinajstić information content (AvgIpc) is 2.78. The summed E-state index contributed by atoms with van der Waals surface area (Å²) in [6.07, 6.45) is 2.61. The van der Waals surface area contributed by atoms with Gasteiger partial charge in [-0.25, -0.2) is 0 Å². The molecule has 0 saturated heterocycles. The van der Waals surface area contributed by atoms with E-state index in [1.165, 1.54) is 18.6 Å². The Kier molecular flexibility index (Phi) is 5.31. The molecule has 3 N–H and O–H groups in total. The van der Waals surface area contributed by atoms with Crippen molar-refractivity contribution in [3.63, 3.8) is 0 Å². The van der Waals surface area contributed by atoms with Gasteiger partial charge in [0.05, 0.1) is 18.2 Å². The Morgan fingerprint density at radius 2 is 2.05 bits per heavy atom. The van der Waals surface area contributed by atoms with Crippen molar-refractivity contribution in [3.05, 3.63) is 24.2 Å². The first-order valence-electron chi connectivity index (χ1n) is 6.13. The van der Waals surface area contributed by atoms with Gasteiger partial charge in [0, 0.05) is 18.5 Å². The third-order valence-corrected chi connectivity index (χ3v) is 2.49. The van der Waals surface area contributed by atoms with Gasteiger partial charge in [-0.05, 0) is 19.9 Å². The predicted molar refractivity (Wildman–Crippen MR) is 70.1 cm³/mol. The van der Waals surface area contributed by atoms with Gasteiger partial charge in [-0.15, -0.1) is 0 Å². The van der Waals surface area contributed by atoms with E-state index in [0.717, 1.165) is 0 Å². The average molecular weight is 282 g/mol. The van der Waals surface area contributed by atoms with Gasteiger partial charge in [-0.2, -0.15) is 0 Å². The van der Waals surface area contributed by atoms with E-state index in [0.29, 0.717) is 5.56 Å². The maximum absolute atomic E-state index is 11.6. The zero-order chi connectivity index (χ0) is 15.2. The molecule has 1 heterocycles. The molecule has 0 saturated carbocycles. The highest BCUT2D eigenvalue weighted by atomic mass is 16.4. The molecule has 0 aliphatic carbocycles. The van der Waals surface area contributed by atoms with Crippen molar-refractivity contribution >= 4 is 17.8 Å². The van der Waals surface area contributed by atoms with E-state index in [-0.39, 0.29) is 31.2 Å². The lowest BCUT2D eigenvalue weighted by Gasteiger charge is -2.24. The minimum absolute atomic E-state index is 0.0760. The lowest BCUT2D eigenvalue weighted by atomic mass is 10.0. The number of carboxylic acid groups (broad SMARTS) is 1. The van der Waals surface area contributed by atoms with E-state index >= 15 is 0 Å². The van der Waals surface area contributed by atoms with Crippen molar-refractivity contribution in [2.75, 3.05) is 6.54 Å². The molecule has 1 rings (SSSR count). The summed E-state index contributed by atoms with van der Waals surface area (Å²) in [6.45, 7) is 3.42. The Morgan fingerprint density at radius 1 is 1.35 bits per heavy atom. The fraction of sp³-hybridized carbons (Fsp3) is 0.462. The lowest BCUT2D eigenvalue weighted by Crippen LogP contribution is -2.45. The number of aliphatic carboxylic acids is 1. The van der Waals surface area contributed by atoms with Gasteiger partial charge in [0.1, 0.15) is 6.26 Å². The monoisotopic (exact) mass is 282 g/mol. The minimum atomic E-state index is -0.983. The molecule has 0 bridgehead atoms. The summed E-state index contributed by atoms with van der Waals surface area (Å²) in [7, 11) is 0. The lowest BCUT2D eigenvalue weighted by molar-refractivity contribution is -0.138. The summed E-state index contributed by atoms with van der Waals surface area (Å²) in [6, 6.07) is 1.52. The van der Waals surface area contributed by atoms with Crippen LogP contribution in [0.15, 0.2) is 23.0 Å². The maximum Gasteiger partial charge on any atom is 0.305 e. The molecule has 1 aromatic rings. The maximum atomic E-state index is 11.6. The molecule has 0 spiro atoms. The highest BCUT2D eigenvalue weighted by Gasteiger charge is 2.23. The van der Waals surface area contributed by atoms with Crippen LogP contribution in [0.25, 0.3) is 0 Å². The summed E-state index contributed by atoms with van der Waals surface area (Å²) >= 11 is 0. The summed E-state index contributed by atoms with van der Waals surface area (Å²) in [5.41, 5.74) is -0.436. The van der Waals surface area contributed by atoms with Crippen LogP contribution in [0.4, 0.5) is 0 Å². The number of nitrogens with one attached hydrogen (secondary N) is 2. The fourth-order valence-corrected chi connectivity index (χ4v) is 1.65. The van der Waals surface area contributed by atoms with E-state index in [1.54, 1.807) is 13.8 Å². The van der Waals surface area contributed by atoms with E-state index in [2.05, 4.69) is 10.6 Å². The molecule has 0 aliphatic heterocycles. The van der Waals surface area contributed by atoms with E-state index in [4.69, 9.17) is 9.52 Å². The van der Waals surface area contributed by atoms with Gasteiger partial charge in [0.15, 0.2) is 0 Å². The van der Waals surface area contributed by atoms with Gasteiger partial charge in [-0.1, -0.05) is 0 Å². The number of hydrogen-bond donors (Lipinski definition) is 3. The third kappa shape index (κ3) is 5.55. The number of hydrogen-bond acceptors (Lipinski definition) is 4. The first-order chi connectivity index (χ1) is 9.30. The predicted octanol–water partition coefficient (Wildman–Crippen LogP) is 0.769. The summed E-state index contributed by atoms with van der Waals surface area (Å²) in [4.78, 5) is 33.8. The number of carbonyl (C=O) groups is 3. The van der Waals surface area contributed by atoms with Gasteiger partial charge in [0.25, 0.3) is 5.91 Å². The van der Waals surface area contributed by atoms with Crippen molar-refractivity contribution in [1.82, 2.24) is 10.6 Å². The van der Waals surface area contributed by atoms with Crippen molar-refractivity contribution in [1.29, 1.82) is 0 Å². The molecule has 2 amide bonds. The molecule has 20 heavy (non-hydrogen) atoms. The van der Waals surface area contributed by atoms with Crippen molar-refractivity contribution < 1.29 is 23.9 Å². The van der Waals surface area contributed by atoms with Crippen LogP contribution < -0.4 is 10.6 Å². The highest BCUT2D eigenvalue weighted by Crippen LogP contribution is 2.08. The summed E-state index contributed by atoms with van der Waals surface area (Å²) in [5, 5.41) is 13.9. The van der Waals surface area contributed by atoms with E-state index in [1.807, 2.05) is 0 Å². The largest absolute Gasteiger partial charge is 0.481 e. The highest BCUT2D eigenvalue weighted by molar-refractivity contribution is 5.94. The van der Waals surface area contributed by atoms with Crippen molar-refractivity contribution in [3.8, 4) is 0 Å². The molecule has 0 aliphatic rings. The minimum Gasteiger partial charge on any atom is -0.481 e. The molecular formula is C13H18N2O5. The second-order valence-corrected chi connectivity index (χ2v) is 5.02. The molecular weight excluding hydrogens is 264 g/mol. The fourth-order valence-electron chi connectivity index (χ4n) is 1.65. The molecule has 0 unspecified atom stereocenters. The van der Waals surface area contributed by atoms with Gasteiger partial charge in [-0.3, -0.25) is 14.4 Å². The second-order valence-electron chi connectivity index (χ2n) is 5.02. The van der Waals surface area contributed by atoms with E-state index < -0.39 is 11.5 Å². The number of furan rings is 1. The Hall–Kier alpha value is -2.31. The number of rotatable bonds is 7. The van der Waals surface area contributed by atoms with Crippen LogP contribution in [0.3, 0.4) is 0 Å². The Bertz CT molecular complexity index is 479. The Labute approximate surface area is 116 Å². The summed E-state index contributed by atoms with van der Waals surface area (Å²) < 4.78 is 4.77. The topological polar surface area (TPSA) is 109 Å². The zero-order valence-electron chi connectivity index (χ0n) is 11.4. The number of carbonyl (C=O) groups excluding carboxylic acids is 2. The van der Waals surface area contributed by atoms with Crippen LogP contribution in [0, 0.1) is 0 Å². The number of amides is 2. The van der Waals surface area contributed by atoms with Crippen LogP contribution in [-0.4, -0.2) is 35.0 Å². The molecule has 0 radical (unpaired) electrons. The molecule has 110 valence electrons. The van der Waals surface area contributed by atoms with Crippen LogP contribution in [0.2, 0.25) is 0 Å². The molecule has 0 aromatic carbocycles. The summed E-state index contributed by atoms with van der Waals surface area (Å²) in [5.74, 6) is -1.62. The van der Waals surface area contributed by atoms with Crippen molar-refractivity contribution in [2.24, 2.45) is 0 Å². The molecule has 1 aromatic heterocycles. The first-order valence-corrected chi connectivity index (χ1v) is 6.13. The van der Waals surface area contributed by atoms with Crippen LogP contribution in [0.5, 0.6) is 0 Å². The Morgan fingerprint density at radius 3 is 2.60 bits per heavy atom. The third-order valence-electron chi connectivity index (χ3n) is 2.49. The first kappa shape index (κ1) is 15.7. The number of carboxylic acids is 1. The standard InChI is InChI=1S/C13H18N2O5/c1-13(2,7-11(17)18)15-10(16)3-5-14-12(19)9-4-6-20-8-9/h4,6,8H,3,5,7H2,1-2H3,(H,14,19)(H,15,16)(H,17,18). The van der Waals surface area contributed by atoms with Crippen molar-refractivity contribution in [2.45, 2.75) is 32.2 Å². The second kappa shape index (κ2) is 6.74. The molecule has 7 nitrogen and oxygen atoms in total. The quantitative estimate of drug-likeness (QED) is 0.684. The van der Waals surface area contributed by atoms with Crippen LogP contribution in [-0.2, 0) is 9.59 Å². The van der Waals surface area contributed by atoms with Crippen LogP contribution >= 0.6 is 0 Å². The SMILES string of the molecule is CC(C)(CC(=O)O)NC(=O)CCNC(=O)c1ccoc1. The molecule has 0 fully saturated rings. The Balaban J connectivity index is 2.30. The van der Waals surface area contributed by atoms with E-state index in [9.17, 15) is 14.4 Å². The zero-order valence-corrected chi connectivity index (χ0v) is 11.4. The smallest absolute Gasteiger partial charge is 0.305 e. The normalized spacial score (nSPS) is 10.9. The van der Waals surface area contributed by atoms with Gasteiger partial charge in [0.2, 0.25) is 5.91 Å². The molecule has 7 heteroatoms.